The van der Waals surface area contributed by atoms with Crippen molar-refractivity contribution in [3.8, 4) is 5.69 Å². The van der Waals surface area contributed by atoms with Gasteiger partial charge in [0.05, 0.1) is 17.3 Å². The second kappa shape index (κ2) is 9.66. The van der Waals surface area contributed by atoms with Gasteiger partial charge in [-0.15, -0.1) is 0 Å². The first-order chi connectivity index (χ1) is 14.5. The highest BCUT2D eigenvalue weighted by Gasteiger charge is 2.14. The summed E-state index contributed by atoms with van der Waals surface area (Å²) in [6, 6.07) is 13.5. The van der Waals surface area contributed by atoms with E-state index in [0.717, 1.165) is 14.9 Å². The number of nitrogens with one attached hydrogen (secondary N) is 1. The Kier molecular flexibility index (Phi) is 6.76. The minimum Gasteiger partial charge on any atom is -0.463 e. The summed E-state index contributed by atoms with van der Waals surface area (Å²) in [5, 5.41) is 10.5. The normalized spacial score (nSPS) is 10.9. The Morgan fingerprint density at radius 3 is 2.57 bits per heavy atom. The van der Waals surface area contributed by atoms with Gasteiger partial charge in [0, 0.05) is 11.8 Å². The summed E-state index contributed by atoms with van der Waals surface area (Å²) >= 11 is 6.07. The van der Waals surface area contributed by atoms with Crippen molar-refractivity contribution >= 4 is 35.2 Å². The van der Waals surface area contributed by atoms with Crippen molar-refractivity contribution in [2.45, 2.75) is 13.5 Å². The smallest absolute Gasteiger partial charge is 0.369 e. The van der Waals surface area contributed by atoms with Gasteiger partial charge in [0.15, 0.2) is 0 Å². The highest BCUT2D eigenvalue weighted by Crippen LogP contribution is 2.16. The van der Waals surface area contributed by atoms with E-state index < -0.39 is 17.6 Å². The lowest BCUT2D eigenvalue weighted by molar-refractivity contribution is -0.137. The van der Waals surface area contributed by atoms with Crippen LogP contribution in [0.15, 0.2) is 59.4 Å². The molecule has 1 amide bonds. The van der Waals surface area contributed by atoms with Gasteiger partial charge < -0.3 is 10.1 Å². The van der Waals surface area contributed by atoms with Crippen LogP contribution < -0.4 is 11.0 Å². The number of hydrogen-bond donors (Lipinski definition) is 1. The van der Waals surface area contributed by atoms with Crippen LogP contribution in [0.4, 0.5) is 5.69 Å². The van der Waals surface area contributed by atoms with E-state index in [1.807, 2.05) is 0 Å². The van der Waals surface area contributed by atoms with Gasteiger partial charge >= 0.3 is 11.7 Å². The summed E-state index contributed by atoms with van der Waals surface area (Å²) in [5.41, 5.74) is 1.08. The Balaban J connectivity index is 1.63. The number of halogens is 1. The zero-order valence-corrected chi connectivity index (χ0v) is 16.7. The third-order valence-electron chi connectivity index (χ3n) is 3.91. The molecule has 1 N–H and O–H groups in total. The minimum atomic E-state index is -0.585. The third-order valence-corrected chi connectivity index (χ3v) is 4.23. The van der Waals surface area contributed by atoms with E-state index in [4.69, 9.17) is 16.3 Å². The van der Waals surface area contributed by atoms with E-state index in [-0.39, 0.29) is 6.54 Å². The maximum absolute atomic E-state index is 12.4. The van der Waals surface area contributed by atoms with Crippen LogP contribution in [0.3, 0.4) is 0 Å². The standard InChI is InChI=1S/C20H18ClN5O4/c1-2-30-19(28)12-9-14-7-10-15(11-8-14)22-18(27)13-25-20(29)26(24-23-25)17-6-4-3-5-16(17)21/h3-12H,2,13H2,1H3,(H,22,27)/b12-9+. The fraction of sp³-hybridized carbons (Fsp3) is 0.150. The van der Waals surface area contributed by atoms with Gasteiger partial charge in [0.2, 0.25) is 5.91 Å². The average molecular weight is 428 g/mol. The van der Waals surface area contributed by atoms with Crippen LogP contribution in [0.25, 0.3) is 11.8 Å². The molecule has 0 aliphatic heterocycles. The van der Waals surface area contributed by atoms with Crippen LogP contribution in [0.2, 0.25) is 5.02 Å². The maximum Gasteiger partial charge on any atom is 0.369 e. The molecule has 1 heterocycles. The van der Waals surface area contributed by atoms with Crippen LogP contribution in [0, 0.1) is 0 Å². The average Bonchev–Trinajstić information content (AvgIpc) is 3.08. The van der Waals surface area contributed by atoms with Crippen LogP contribution in [-0.2, 0) is 20.9 Å². The number of carbonyl (C=O) groups is 2. The summed E-state index contributed by atoms with van der Waals surface area (Å²) in [5.74, 6) is -0.872. The third kappa shape index (κ3) is 5.21. The Morgan fingerprint density at radius 2 is 1.87 bits per heavy atom. The molecular weight excluding hydrogens is 410 g/mol. The molecule has 0 atom stereocenters. The number of anilines is 1. The minimum absolute atomic E-state index is 0.309. The zero-order valence-electron chi connectivity index (χ0n) is 16.0. The number of nitrogens with zero attached hydrogens (tertiary/aromatic N) is 4. The fourth-order valence-electron chi connectivity index (χ4n) is 2.52. The van der Waals surface area contributed by atoms with Gasteiger partial charge in [-0.3, -0.25) is 4.79 Å². The maximum atomic E-state index is 12.4. The topological polar surface area (TPSA) is 108 Å². The molecule has 0 saturated heterocycles. The molecule has 0 spiro atoms. The lowest BCUT2D eigenvalue weighted by Crippen LogP contribution is -2.29. The van der Waals surface area contributed by atoms with Crippen molar-refractivity contribution in [2.75, 3.05) is 11.9 Å². The number of aromatic nitrogens is 4. The number of tetrazole rings is 1. The van der Waals surface area contributed by atoms with Gasteiger partial charge in [0.25, 0.3) is 0 Å². The first-order valence-corrected chi connectivity index (χ1v) is 9.38. The van der Waals surface area contributed by atoms with Crippen LogP contribution >= 0.6 is 11.6 Å². The fourth-order valence-corrected chi connectivity index (χ4v) is 2.73. The molecule has 0 saturated carbocycles. The molecule has 0 bridgehead atoms. The lowest BCUT2D eigenvalue weighted by Gasteiger charge is -2.05. The predicted octanol–water partition coefficient (Wildman–Crippen LogP) is 2.30. The molecule has 0 radical (unpaired) electrons. The molecule has 2 aromatic carbocycles. The Labute approximate surface area is 176 Å². The van der Waals surface area contributed by atoms with Crippen molar-refractivity contribution in [3.63, 3.8) is 0 Å². The molecule has 3 rings (SSSR count). The number of benzene rings is 2. The second-order valence-corrected chi connectivity index (χ2v) is 6.45. The molecule has 0 unspecified atom stereocenters. The van der Waals surface area contributed by atoms with Crippen molar-refractivity contribution < 1.29 is 14.3 Å². The monoisotopic (exact) mass is 427 g/mol. The summed E-state index contributed by atoms with van der Waals surface area (Å²) < 4.78 is 6.78. The predicted molar refractivity (Wildman–Crippen MR) is 111 cm³/mol. The van der Waals surface area contributed by atoms with Crippen LogP contribution in [0.5, 0.6) is 0 Å². The SMILES string of the molecule is CCOC(=O)/C=C/c1ccc(NC(=O)Cn2nnn(-c3ccccc3Cl)c2=O)cc1. The summed E-state index contributed by atoms with van der Waals surface area (Å²) in [6.45, 7) is 1.73. The molecular formula is C20H18ClN5O4. The molecule has 30 heavy (non-hydrogen) atoms. The van der Waals surface area contributed by atoms with E-state index in [9.17, 15) is 14.4 Å². The number of hydrogen-bond acceptors (Lipinski definition) is 6. The molecule has 3 aromatic rings. The first-order valence-electron chi connectivity index (χ1n) is 9.00. The Hall–Kier alpha value is -3.72. The van der Waals surface area contributed by atoms with Crippen LogP contribution in [-0.4, -0.2) is 38.3 Å². The first kappa shape index (κ1) is 21.0. The summed E-state index contributed by atoms with van der Waals surface area (Å²) in [7, 11) is 0. The van der Waals surface area contributed by atoms with Gasteiger partial charge in [-0.25, -0.2) is 9.59 Å². The number of amides is 1. The van der Waals surface area contributed by atoms with Crippen molar-refractivity contribution in [1.82, 2.24) is 19.8 Å². The molecule has 9 nitrogen and oxygen atoms in total. The van der Waals surface area contributed by atoms with E-state index >= 15 is 0 Å². The van der Waals surface area contributed by atoms with E-state index in [0.29, 0.717) is 23.0 Å². The van der Waals surface area contributed by atoms with Gasteiger partial charge in [-0.2, -0.15) is 9.36 Å². The highest BCUT2D eigenvalue weighted by atomic mass is 35.5. The number of esters is 1. The van der Waals surface area contributed by atoms with E-state index in [1.54, 1.807) is 61.5 Å². The summed E-state index contributed by atoms with van der Waals surface area (Å²) in [6.07, 6.45) is 2.93. The zero-order chi connectivity index (χ0) is 21.5. The molecule has 154 valence electrons. The molecule has 0 aliphatic rings. The van der Waals surface area contributed by atoms with Gasteiger partial charge in [-0.1, -0.05) is 35.9 Å². The number of ether oxygens (including phenoxy) is 1. The lowest BCUT2D eigenvalue weighted by atomic mass is 10.2. The second-order valence-electron chi connectivity index (χ2n) is 6.04. The van der Waals surface area contributed by atoms with E-state index in [2.05, 4.69) is 15.7 Å². The molecule has 0 aliphatic carbocycles. The van der Waals surface area contributed by atoms with E-state index in [1.165, 1.54) is 6.08 Å². The van der Waals surface area contributed by atoms with Crippen molar-refractivity contribution in [1.29, 1.82) is 0 Å². The van der Waals surface area contributed by atoms with Crippen molar-refractivity contribution in [3.05, 3.63) is 75.7 Å². The highest BCUT2D eigenvalue weighted by molar-refractivity contribution is 6.32. The number of carbonyl (C=O) groups excluding carboxylic acids is 2. The number of rotatable bonds is 7. The Morgan fingerprint density at radius 1 is 1.13 bits per heavy atom. The molecule has 1 aromatic heterocycles. The van der Waals surface area contributed by atoms with Gasteiger partial charge in [0.1, 0.15) is 6.54 Å². The molecule has 0 fully saturated rings. The van der Waals surface area contributed by atoms with Crippen LogP contribution in [0.1, 0.15) is 12.5 Å². The Bertz CT molecular complexity index is 1130. The summed E-state index contributed by atoms with van der Waals surface area (Å²) in [4.78, 5) is 36.0. The quantitative estimate of drug-likeness (QED) is 0.458. The molecule has 10 heteroatoms. The van der Waals surface area contributed by atoms with Gasteiger partial charge in [-0.05, 0) is 53.3 Å². The number of para-hydroxylation sites is 1. The van der Waals surface area contributed by atoms with Crippen molar-refractivity contribution in [2.24, 2.45) is 0 Å². The largest absolute Gasteiger partial charge is 0.463 e.